The molecule has 4 rings (SSSR count). The molecule has 6 heteroatoms. The number of likely N-dealkylation sites (tertiary alicyclic amines) is 1. The van der Waals surface area contributed by atoms with Gasteiger partial charge >= 0.3 is 0 Å². The van der Waals surface area contributed by atoms with Gasteiger partial charge in [-0.25, -0.2) is 0 Å². The van der Waals surface area contributed by atoms with Crippen LogP contribution < -0.4 is 5.32 Å². The summed E-state index contributed by atoms with van der Waals surface area (Å²) in [5.41, 5.74) is 1.24. The van der Waals surface area contributed by atoms with Gasteiger partial charge in [-0.1, -0.05) is 0 Å². The Morgan fingerprint density at radius 3 is 2.74 bits per heavy atom. The molecule has 2 aromatic heterocycles. The van der Waals surface area contributed by atoms with Crippen molar-refractivity contribution < 1.29 is 13.9 Å². The number of furan rings is 1. The van der Waals surface area contributed by atoms with Crippen molar-refractivity contribution in [2.45, 2.75) is 31.8 Å². The Morgan fingerprint density at radius 2 is 2.00 bits per heavy atom. The molecular weight excluding hydrogens is 342 g/mol. The fourth-order valence-corrected chi connectivity index (χ4v) is 4.06. The number of pyridine rings is 1. The predicted octanol–water partition coefficient (Wildman–Crippen LogP) is 2.26. The van der Waals surface area contributed by atoms with E-state index in [9.17, 15) is 4.79 Å². The summed E-state index contributed by atoms with van der Waals surface area (Å²) in [7, 11) is 0. The van der Waals surface area contributed by atoms with Crippen molar-refractivity contribution in [1.29, 1.82) is 0 Å². The molecule has 2 saturated heterocycles. The predicted molar refractivity (Wildman–Crippen MR) is 101 cm³/mol. The molecule has 0 aliphatic carbocycles. The minimum atomic E-state index is 0.0972. The molecule has 2 atom stereocenters. The van der Waals surface area contributed by atoms with Gasteiger partial charge in [0.1, 0.15) is 5.76 Å². The van der Waals surface area contributed by atoms with E-state index in [1.54, 1.807) is 6.26 Å². The number of ether oxygens (including phenoxy) is 1. The van der Waals surface area contributed by atoms with E-state index in [0.29, 0.717) is 19.1 Å². The number of hydrogen-bond donors (Lipinski definition) is 1. The monoisotopic (exact) mass is 369 g/mol. The average molecular weight is 369 g/mol. The van der Waals surface area contributed by atoms with Crippen LogP contribution in [0.25, 0.3) is 0 Å². The molecule has 2 fully saturated rings. The molecule has 4 heterocycles. The van der Waals surface area contributed by atoms with Gasteiger partial charge in [0.2, 0.25) is 5.91 Å². The number of aromatic nitrogens is 1. The minimum Gasteiger partial charge on any atom is -0.468 e. The maximum Gasteiger partial charge on any atom is 0.223 e. The van der Waals surface area contributed by atoms with Crippen LogP contribution in [0.5, 0.6) is 0 Å². The summed E-state index contributed by atoms with van der Waals surface area (Å²) in [5.74, 6) is 1.60. The number of rotatable bonds is 6. The van der Waals surface area contributed by atoms with E-state index in [1.807, 2.05) is 36.7 Å². The number of amides is 1. The normalized spacial score (nSPS) is 24.1. The maximum atomic E-state index is 12.8. The Hall–Kier alpha value is -2.18. The molecule has 6 nitrogen and oxygen atoms in total. The standard InChI is InChI=1S/C21H27N3O3/c25-21(17-5-9-24(10-6-17)13-19-2-1-11-27-19)23-20-15-26-14-18(20)12-16-3-7-22-8-4-16/h1-4,7-8,11,17-18,20H,5-6,9-10,12-15H2,(H,23,25)/t18-,20+/m1/s1. The number of carbonyl (C=O) groups excluding carboxylic acids is 1. The van der Waals surface area contributed by atoms with Crippen LogP contribution in [0, 0.1) is 11.8 Å². The molecule has 0 radical (unpaired) electrons. The van der Waals surface area contributed by atoms with Gasteiger partial charge in [0, 0.05) is 24.2 Å². The Morgan fingerprint density at radius 1 is 1.19 bits per heavy atom. The molecule has 0 spiro atoms. The van der Waals surface area contributed by atoms with Crippen LogP contribution in [0.1, 0.15) is 24.2 Å². The van der Waals surface area contributed by atoms with Crippen molar-refractivity contribution in [3.8, 4) is 0 Å². The minimum absolute atomic E-state index is 0.0972. The van der Waals surface area contributed by atoms with Crippen molar-refractivity contribution in [2.24, 2.45) is 11.8 Å². The molecular formula is C21H27N3O3. The first-order chi connectivity index (χ1) is 13.3. The van der Waals surface area contributed by atoms with E-state index in [0.717, 1.165) is 44.7 Å². The first-order valence-corrected chi connectivity index (χ1v) is 9.79. The zero-order valence-corrected chi connectivity index (χ0v) is 15.5. The number of carbonyl (C=O) groups is 1. The summed E-state index contributed by atoms with van der Waals surface area (Å²) >= 11 is 0. The van der Waals surface area contributed by atoms with E-state index in [1.165, 1.54) is 5.56 Å². The fraction of sp³-hybridized carbons (Fsp3) is 0.524. The van der Waals surface area contributed by atoms with Crippen LogP contribution in [-0.2, 0) is 22.5 Å². The van der Waals surface area contributed by atoms with E-state index in [2.05, 4.69) is 15.2 Å². The lowest BCUT2D eigenvalue weighted by Gasteiger charge is -2.31. The first kappa shape index (κ1) is 18.2. The third kappa shape index (κ3) is 4.76. The van der Waals surface area contributed by atoms with Crippen LogP contribution >= 0.6 is 0 Å². The highest BCUT2D eigenvalue weighted by Gasteiger charge is 2.32. The zero-order chi connectivity index (χ0) is 18.5. The molecule has 2 aromatic rings. The second kappa shape index (κ2) is 8.67. The molecule has 0 bridgehead atoms. The second-order valence-corrected chi connectivity index (χ2v) is 7.60. The smallest absolute Gasteiger partial charge is 0.223 e. The summed E-state index contributed by atoms with van der Waals surface area (Å²) < 4.78 is 11.1. The van der Waals surface area contributed by atoms with Crippen molar-refractivity contribution in [1.82, 2.24) is 15.2 Å². The third-order valence-electron chi connectivity index (χ3n) is 5.69. The number of piperidine rings is 1. The molecule has 0 aromatic carbocycles. The molecule has 0 unspecified atom stereocenters. The summed E-state index contributed by atoms with van der Waals surface area (Å²) in [6.45, 7) is 4.00. The molecule has 144 valence electrons. The van der Waals surface area contributed by atoms with Crippen LogP contribution in [0.15, 0.2) is 47.3 Å². The van der Waals surface area contributed by atoms with Crippen LogP contribution in [-0.4, -0.2) is 48.1 Å². The number of nitrogens with zero attached hydrogens (tertiary/aromatic N) is 2. The highest BCUT2D eigenvalue weighted by atomic mass is 16.5. The molecule has 1 N–H and O–H groups in total. The van der Waals surface area contributed by atoms with Crippen molar-refractivity contribution >= 4 is 5.91 Å². The van der Waals surface area contributed by atoms with Crippen molar-refractivity contribution in [2.75, 3.05) is 26.3 Å². The van der Waals surface area contributed by atoms with Crippen molar-refractivity contribution in [3.05, 3.63) is 54.2 Å². The first-order valence-electron chi connectivity index (χ1n) is 9.79. The summed E-state index contributed by atoms with van der Waals surface area (Å²) in [5, 5.41) is 3.26. The van der Waals surface area contributed by atoms with Gasteiger partial charge in [0.25, 0.3) is 0 Å². The molecule has 27 heavy (non-hydrogen) atoms. The lowest BCUT2D eigenvalue weighted by atomic mass is 9.92. The van der Waals surface area contributed by atoms with Gasteiger partial charge in [-0.2, -0.15) is 0 Å². The second-order valence-electron chi connectivity index (χ2n) is 7.60. The summed E-state index contributed by atoms with van der Waals surface area (Å²) in [6.07, 6.45) is 8.05. The summed E-state index contributed by atoms with van der Waals surface area (Å²) in [4.78, 5) is 19.2. The van der Waals surface area contributed by atoms with Gasteiger partial charge in [0.15, 0.2) is 0 Å². The Balaban J connectivity index is 1.25. The van der Waals surface area contributed by atoms with Gasteiger partial charge < -0.3 is 14.5 Å². The van der Waals surface area contributed by atoms with Crippen LogP contribution in [0.4, 0.5) is 0 Å². The van der Waals surface area contributed by atoms with E-state index < -0.39 is 0 Å². The maximum absolute atomic E-state index is 12.8. The Bertz CT molecular complexity index is 712. The molecule has 0 saturated carbocycles. The highest BCUT2D eigenvalue weighted by molar-refractivity contribution is 5.79. The fourth-order valence-electron chi connectivity index (χ4n) is 4.06. The largest absolute Gasteiger partial charge is 0.468 e. The van der Waals surface area contributed by atoms with E-state index >= 15 is 0 Å². The molecule has 1 amide bonds. The van der Waals surface area contributed by atoms with Gasteiger partial charge in [-0.3, -0.25) is 14.7 Å². The summed E-state index contributed by atoms with van der Waals surface area (Å²) in [6, 6.07) is 8.09. The topological polar surface area (TPSA) is 67.6 Å². The SMILES string of the molecule is O=C(N[C@H]1COC[C@H]1Cc1ccncc1)C1CCN(Cc2ccco2)CC1. The molecule has 2 aliphatic heterocycles. The highest BCUT2D eigenvalue weighted by Crippen LogP contribution is 2.23. The number of nitrogens with one attached hydrogen (secondary N) is 1. The molecule has 2 aliphatic rings. The Labute approximate surface area is 159 Å². The van der Waals surface area contributed by atoms with Gasteiger partial charge in [0.05, 0.1) is 32.1 Å². The van der Waals surface area contributed by atoms with Crippen molar-refractivity contribution in [3.63, 3.8) is 0 Å². The lowest BCUT2D eigenvalue weighted by molar-refractivity contribution is -0.127. The van der Waals surface area contributed by atoms with Gasteiger partial charge in [-0.15, -0.1) is 0 Å². The zero-order valence-electron chi connectivity index (χ0n) is 15.5. The van der Waals surface area contributed by atoms with E-state index in [4.69, 9.17) is 9.15 Å². The number of hydrogen-bond acceptors (Lipinski definition) is 5. The quantitative estimate of drug-likeness (QED) is 0.846. The average Bonchev–Trinajstić information content (AvgIpc) is 3.36. The lowest BCUT2D eigenvalue weighted by Crippen LogP contribution is -2.46. The van der Waals surface area contributed by atoms with E-state index in [-0.39, 0.29) is 17.9 Å². The third-order valence-corrected chi connectivity index (χ3v) is 5.69. The Kier molecular flexibility index (Phi) is 5.84. The van der Waals surface area contributed by atoms with Crippen LogP contribution in [0.3, 0.4) is 0 Å². The van der Waals surface area contributed by atoms with Gasteiger partial charge in [-0.05, 0) is 62.2 Å². The van der Waals surface area contributed by atoms with Crippen LogP contribution in [0.2, 0.25) is 0 Å².